The molecular weight excluding hydrogens is 783 g/mol. The van der Waals surface area contributed by atoms with Gasteiger partial charge in [0.15, 0.2) is 6.10 Å². The van der Waals surface area contributed by atoms with Crippen molar-refractivity contribution in [3.63, 3.8) is 0 Å². The third-order valence-corrected chi connectivity index (χ3v) is 9.22. The molecular formula is C48H75O11P. The van der Waals surface area contributed by atoms with Gasteiger partial charge in [0.05, 0.1) is 25.9 Å². The number of aliphatic hydroxyl groups is 3. The molecule has 0 aromatic rings. The van der Waals surface area contributed by atoms with Crippen molar-refractivity contribution in [3.8, 4) is 0 Å². The van der Waals surface area contributed by atoms with Crippen molar-refractivity contribution in [3.05, 3.63) is 122 Å². The molecule has 0 radical (unpaired) electrons. The SMILES string of the molecule is CCCCC/C=C\C/C=C\C/C=C\C/C=C\C/C=C\CCC(=O)OC[C@H](COP(=O)(O)OC[C@@H](O)CO)OC(=O)CCC/C=C\C/C=C\C/C=C\C/C=C\C=C\[C@H](O)CC. The lowest BCUT2D eigenvalue weighted by atomic mass is 10.2. The number of hydrogen-bond donors (Lipinski definition) is 4. The molecule has 0 rings (SSSR count). The van der Waals surface area contributed by atoms with Crippen LogP contribution in [0.15, 0.2) is 122 Å². The van der Waals surface area contributed by atoms with Gasteiger partial charge >= 0.3 is 19.8 Å². The van der Waals surface area contributed by atoms with Crippen LogP contribution in [0.2, 0.25) is 0 Å². The predicted molar refractivity (Wildman–Crippen MR) is 243 cm³/mol. The van der Waals surface area contributed by atoms with Crippen molar-refractivity contribution in [1.82, 2.24) is 0 Å². The van der Waals surface area contributed by atoms with Crippen LogP contribution in [0.25, 0.3) is 0 Å². The third kappa shape index (κ3) is 41.1. The Hall–Kier alpha value is -3.67. The molecule has 60 heavy (non-hydrogen) atoms. The Balaban J connectivity index is 4.56. The molecule has 0 fully saturated rings. The normalized spacial score (nSPS) is 15.5. The highest BCUT2D eigenvalue weighted by Gasteiger charge is 2.27. The number of phosphoric ester groups is 1. The molecule has 338 valence electrons. The number of allylic oxidation sites excluding steroid dienone is 19. The number of rotatable bonds is 38. The molecule has 1 unspecified atom stereocenters. The zero-order valence-corrected chi connectivity index (χ0v) is 37.1. The van der Waals surface area contributed by atoms with Crippen molar-refractivity contribution >= 4 is 19.8 Å². The van der Waals surface area contributed by atoms with Crippen molar-refractivity contribution in [2.75, 3.05) is 26.4 Å². The van der Waals surface area contributed by atoms with Crippen LogP contribution in [0, 0.1) is 0 Å². The third-order valence-electron chi connectivity index (χ3n) is 8.27. The molecule has 4 atom stereocenters. The van der Waals surface area contributed by atoms with E-state index in [-0.39, 0.29) is 12.8 Å². The zero-order chi connectivity index (χ0) is 44.2. The fourth-order valence-electron chi connectivity index (χ4n) is 4.78. The molecule has 0 saturated heterocycles. The van der Waals surface area contributed by atoms with E-state index in [9.17, 15) is 29.3 Å². The average molecular weight is 859 g/mol. The number of phosphoric acid groups is 1. The van der Waals surface area contributed by atoms with Gasteiger partial charge in [-0.15, -0.1) is 0 Å². The Morgan fingerprint density at radius 3 is 1.57 bits per heavy atom. The lowest BCUT2D eigenvalue weighted by molar-refractivity contribution is -0.161. The van der Waals surface area contributed by atoms with Gasteiger partial charge in [0, 0.05) is 12.8 Å². The summed E-state index contributed by atoms with van der Waals surface area (Å²) in [6.07, 6.45) is 51.3. The van der Waals surface area contributed by atoms with Gasteiger partial charge in [-0.3, -0.25) is 18.6 Å². The fourth-order valence-corrected chi connectivity index (χ4v) is 5.57. The molecule has 0 bridgehead atoms. The van der Waals surface area contributed by atoms with Crippen LogP contribution >= 0.6 is 7.82 Å². The summed E-state index contributed by atoms with van der Waals surface area (Å²) in [5, 5.41) is 27.8. The number of carbonyl (C=O) groups is 2. The molecule has 0 heterocycles. The summed E-state index contributed by atoms with van der Waals surface area (Å²) in [5.41, 5.74) is 0. The maximum Gasteiger partial charge on any atom is 0.472 e. The van der Waals surface area contributed by atoms with E-state index in [0.717, 1.165) is 51.4 Å². The van der Waals surface area contributed by atoms with E-state index in [0.29, 0.717) is 25.7 Å². The molecule has 0 aromatic heterocycles. The topological polar surface area (TPSA) is 169 Å². The number of esters is 2. The highest BCUT2D eigenvalue weighted by atomic mass is 31.2. The Morgan fingerprint density at radius 1 is 0.567 bits per heavy atom. The zero-order valence-electron chi connectivity index (χ0n) is 36.2. The van der Waals surface area contributed by atoms with Gasteiger partial charge < -0.3 is 29.7 Å². The van der Waals surface area contributed by atoms with Crippen LogP contribution in [0.5, 0.6) is 0 Å². The molecule has 0 aliphatic carbocycles. The fraction of sp³-hybridized carbons (Fsp3) is 0.542. The van der Waals surface area contributed by atoms with Crippen molar-refractivity contribution in [2.45, 2.75) is 141 Å². The minimum absolute atomic E-state index is 0.0685. The van der Waals surface area contributed by atoms with Gasteiger partial charge in [-0.25, -0.2) is 4.57 Å². The summed E-state index contributed by atoms with van der Waals surface area (Å²) >= 11 is 0. The molecule has 0 spiro atoms. The van der Waals surface area contributed by atoms with E-state index in [1.807, 2.05) is 49.5 Å². The van der Waals surface area contributed by atoms with Crippen LogP contribution in [0.3, 0.4) is 0 Å². The first kappa shape index (κ1) is 56.3. The molecule has 0 amide bonds. The second-order valence-corrected chi connectivity index (χ2v) is 15.3. The predicted octanol–water partition coefficient (Wildman–Crippen LogP) is 10.5. The van der Waals surface area contributed by atoms with Gasteiger partial charge in [-0.2, -0.15) is 0 Å². The summed E-state index contributed by atoms with van der Waals surface area (Å²) in [5.74, 6) is -1.12. The van der Waals surface area contributed by atoms with Crippen LogP contribution in [-0.4, -0.2) is 76.9 Å². The van der Waals surface area contributed by atoms with E-state index >= 15 is 0 Å². The van der Waals surface area contributed by atoms with Gasteiger partial charge in [0.2, 0.25) is 0 Å². The van der Waals surface area contributed by atoms with Gasteiger partial charge in [-0.1, -0.05) is 148 Å². The van der Waals surface area contributed by atoms with Crippen LogP contribution < -0.4 is 0 Å². The minimum atomic E-state index is -4.67. The molecule has 0 aliphatic rings. The summed E-state index contributed by atoms with van der Waals surface area (Å²) in [6, 6.07) is 0. The van der Waals surface area contributed by atoms with Gasteiger partial charge in [0.25, 0.3) is 0 Å². The Morgan fingerprint density at radius 2 is 1.05 bits per heavy atom. The molecule has 0 saturated carbocycles. The van der Waals surface area contributed by atoms with E-state index in [1.54, 1.807) is 6.08 Å². The van der Waals surface area contributed by atoms with E-state index in [4.69, 9.17) is 19.1 Å². The largest absolute Gasteiger partial charge is 0.472 e. The van der Waals surface area contributed by atoms with Crippen molar-refractivity contribution in [1.29, 1.82) is 0 Å². The Bertz CT molecular complexity index is 1420. The van der Waals surface area contributed by atoms with E-state index < -0.39 is 64.5 Å². The molecule has 0 aliphatic heterocycles. The standard InChI is InChI=1S/C48H75O11P/c1-3-5-6-7-8-9-10-11-12-13-14-15-16-20-23-26-29-32-35-38-47(52)56-42-46(43-58-60(54,55)57-41-45(51)40-49)59-48(53)39-36-33-30-27-24-21-18-17-19-22-25-28-31-34-37-44(50)4-2/h8-9,11-12,14-15,18-23,27-32,34,37,44-46,49-51H,3-7,10,13,16-17,24-26,33,35-36,38-43H2,1-2H3,(H,54,55)/b9-8-,12-11-,15-14-,21-18-,22-19-,23-20-,30-27-,31-28-,32-29-,37-34+/t44-,45+,46-/m1/s1. The molecule has 4 N–H and O–H groups in total. The van der Waals surface area contributed by atoms with E-state index in [1.165, 1.54) is 19.3 Å². The first-order valence-electron chi connectivity index (χ1n) is 21.6. The summed E-state index contributed by atoms with van der Waals surface area (Å²) in [6.45, 7) is 1.82. The average Bonchev–Trinajstić information content (AvgIpc) is 3.24. The number of carbonyl (C=O) groups excluding carboxylic acids is 2. The number of ether oxygens (including phenoxy) is 2. The quantitative estimate of drug-likeness (QED) is 0.0153. The maximum absolute atomic E-state index is 12.6. The van der Waals surface area contributed by atoms with Crippen LogP contribution in [0.4, 0.5) is 0 Å². The second kappa shape index (κ2) is 42.0. The summed E-state index contributed by atoms with van der Waals surface area (Å²) in [4.78, 5) is 34.9. The lowest BCUT2D eigenvalue weighted by Gasteiger charge is -2.20. The molecule has 0 aromatic carbocycles. The highest BCUT2D eigenvalue weighted by Crippen LogP contribution is 2.43. The summed E-state index contributed by atoms with van der Waals surface area (Å²) in [7, 11) is -4.67. The number of unbranched alkanes of at least 4 members (excludes halogenated alkanes) is 4. The van der Waals surface area contributed by atoms with E-state index in [2.05, 4.69) is 84.4 Å². The first-order chi connectivity index (χ1) is 29.1. The number of aliphatic hydroxyl groups excluding tert-OH is 3. The van der Waals surface area contributed by atoms with Crippen LogP contribution in [0.1, 0.15) is 123 Å². The Labute approximate surface area is 360 Å². The molecule has 11 nitrogen and oxygen atoms in total. The van der Waals surface area contributed by atoms with Crippen LogP contribution in [-0.2, 0) is 32.7 Å². The Kier molecular flexibility index (Phi) is 39.5. The number of hydrogen-bond acceptors (Lipinski definition) is 10. The van der Waals surface area contributed by atoms with Gasteiger partial charge in [-0.05, 0) is 83.5 Å². The smallest absolute Gasteiger partial charge is 0.462 e. The minimum Gasteiger partial charge on any atom is -0.462 e. The van der Waals surface area contributed by atoms with Crippen molar-refractivity contribution < 1.29 is 52.9 Å². The second-order valence-electron chi connectivity index (χ2n) is 13.8. The highest BCUT2D eigenvalue weighted by molar-refractivity contribution is 7.47. The van der Waals surface area contributed by atoms with Crippen molar-refractivity contribution in [2.24, 2.45) is 0 Å². The molecule has 12 heteroatoms. The maximum atomic E-state index is 12.6. The van der Waals surface area contributed by atoms with Gasteiger partial charge in [0.1, 0.15) is 12.7 Å². The monoisotopic (exact) mass is 859 g/mol. The summed E-state index contributed by atoms with van der Waals surface area (Å²) < 4.78 is 32.5. The first-order valence-corrected chi connectivity index (χ1v) is 23.1. The lowest BCUT2D eigenvalue weighted by Crippen LogP contribution is -2.29.